The lowest BCUT2D eigenvalue weighted by Gasteiger charge is -2.25. The molecule has 0 aromatic heterocycles. The predicted octanol–water partition coefficient (Wildman–Crippen LogP) is 5.28. The van der Waals surface area contributed by atoms with Gasteiger partial charge < -0.3 is 10.1 Å². The Morgan fingerprint density at radius 3 is 2.43 bits per heavy atom. The van der Waals surface area contributed by atoms with Gasteiger partial charge >= 0.3 is 0 Å². The van der Waals surface area contributed by atoms with Crippen LogP contribution in [0.25, 0.3) is 0 Å². The van der Waals surface area contributed by atoms with Crippen LogP contribution < -0.4 is 15.4 Å². The molecule has 1 spiro atoms. The van der Waals surface area contributed by atoms with Gasteiger partial charge in [0.05, 0.1) is 16.0 Å². The largest absolute Gasteiger partial charge is 0.486 e. The molecule has 2 N–H and O–H groups in total. The van der Waals surface area contributed by atoms with Crippen LogP contribution in [0.15, 0.2) is 60.7 Å². The number of rotatable bonds is 5. The summed E-state index contributed by atoms with van der Waals surface area (Å²) in [6.07, 6.45) is 0. The number of benzene rings is 3. The third-order valence-electron chi connectivity index (χ3n) is 6.67. The van der Waals surface area contributed by atoms with Crippen molar-refractivity contribution in [1.82, 2.24) is 5.32 Å². The van der Waals surface area contributed by atoms with E-state index in [2.05, 4.69) is 10.6 Å². The molecule has 1 amide bonds. The molecule has 0 bridgehead atoms. The van der Waals surface area contributed by atoms with Crippen molar-refractivity contribution in [3.05, 3.63) is 103 Å². The molecule has 7 nitrogen and oxygen atoms in total. The lowest BCUT2D eigenvalue weighted by Crippen LogP contribution is -2.54. The number of para-hydroxylation sites is 1. The lowest BCUT2D eigenvalue weighted by molar-refractivity contribution is -0.532. The van der Waals surface area contributed by atoms with Crippen molar-refractivity contribution in [2.24, 2.45) is 0 Å². The Hall–Kier alpha value is -3.20. The minimum absolute atomic E-state index is 0.109. The van der Waals surface area contributed by atoms with Crippen molar-refractivity contribution >= 4 is 34.8 Å². The van der Waals surface area contributed by atoms with Gasteiger partial charge in [-0.1, -0.05) is 53.5 Å². The first-order valence-electron chi connectivity index (χ1n) is 10.9. The van der Waals surface area contributed by atoms with Gasteiger partial charge in [0.2, 0.25) is 0 Å². The van der Waals surface area contributed by atoms with Gasteiger partial charge in [-0.15, -0.1) is 0 Å². The van der Waals surface area contributed by atoms with E-state index >= 15 is 0 Å². The van der Waals surface area contributed by atoms with Crippen LogP contribution in [0.2, 0.25) is 10.0 Å². The quantitative estimate of drug-likeness (QED) is 0.356. The maximum Gasteiger partial charge on any atom is 0.256 e. The van der Waals surface area contributed by atoms with Crippen molar-refractivity contribution < 1.29 is 18.8 Å². The number of ether oxygens (including phenoxy) is 1. The molecule has 3 aromatic carbocycles. The van der Waals surface area contributed by atoms with Crippen molar-refractivity contribution in [3.8, 4) is 5.75 Å². The molecule has 3 aromatic rings. The number of nitrogens with zero attached hydrogens (tertiary/aromatic N) is 1. The van der Waals surface area contributed by atoms with Crippen LogP contribution in [0.5, 0.6) is 5.75 Å². The van der Waals surface area contributed by atoms with E-state index in [-0.39, 0.29) is 28.2 Å². The first kappa shape index (κ1) is 23.5. The van der Waals surface area contributed by atoms with E-state index in [0.717, 1.165) is 5.56 Å². The first-order chi connectivity index (χ1) is 16.7. The second kappa shape index (κ2) is 8.78. The fourth-order valence-electron chi connectivity index (χ4n) is 5.20. The molecule has 1 fully saturated rings. The highest BCUT2D eigenvalue weighted by atomic mass is 35.5. The number of nitro groups is 1. The Bertz CT molecular complexity index is 1310. The number of carbonyl (C=O) groups excluding carboxylic acids is 1. The summed E-state index contributed by atoms with van der Waals surface area (Å²) in [5, 5.41) is 18.8. The molecule has 0 unspecified atom stereocenters. The summed E-state index contributed by atoms with van der Waals surface area (Å²) in [6.45, 7) is 1.91. The fraction of sp³-hybridized carbons (Fsp3) is 0.240. The van der Waals surface area contributed by atoms with E-state index in [9.17, 15) is 19.3 Å². The summed E-state index contributed by atoms with van der Waals surface area (Å²) in [4.78, 5) is 25.2. The minimum Gasteiger partial charge on any atom is -0.486 e. The average Bonchev–Trinajstić information content (AvgIpc) is 3.28. The molecule has 2 aliphatic heterocycles. The third-order valence-corrected chi connectivity index (χ3v) is 7.23. The zero-order chi connectivity index (χ0) is 24.9. The van der Waals surface area contributed by atoms with E-state index in [4.69, 9.17) is 27.9 Å². The Labute approximate surface area is 210 Å². The van der Waals surface area contributed by atoms with Crippen molar-refractivity contribution in [3.63, 3.8) is 0 Å². The van der Waals surface area contributed by atoms with Gasteiger partial charge in [-0.3, -0.25) is 20.2 Å². The van der Waals surface area contributed by atoms with E-state index < -0.39 is 34.4 Å². The summed E-state index contributed by atoms with van der Waals surface area (Å²) in [5.74, 6) is -1.31. The standard InChI is InChI=1S/C25H20Cl2FN3O4/c1-13-21(23(31(33)34)25(30-13)17-4-2-3-5-20(17)29-24(25)32)15-10-18(26)22(19(27)11-15)35-12-14-6-8-16(28)9-7-14/h2-11,13,21,23,30H,12H2,1H3,(H,29,32)/t13-,21-,23+,25-/m0/s1. The molecular formula is C25H20Cl2FN3O4. The molecule has 5 rings (SSSR count). The number of nitrogens with one attached hydrogen (secondary N) is 2. The van der Waals surface area contributed by atoms with Crippen LogP contribution in [0, 0.1) is 15.9 Å². The second-order valence-electron chi connectivity index (χ2n) is 8.73. The third kappa shape index (κ3) is 3.82. The lowest BCUT2D eigenvalue weighted by atomic mass is 9.78. The molecule has 1 saturated heterocycles. The monoisotopic (exact) mass is 515 g/mol. The van der Waals surface area contributed by atoms with Crippen molar-refractivity contribution in [2.45, 2.75) is 37.1 Å². The minimum atomic E-state index is -1.53. The van der Waals surface area contributed by atoms with Crippen LogP contribution in [-0.4, -0.2) is 22.9 Å². The number of halogens is 3. The Morgan fingerprint density at radius 1 is 1.11 bits per heavy atom. The van der Waals surface area contributed by atoms with Crippen LogP contribution in [-0.2, 0) is 16.9 Å². The second-order valence-corrected chi connectivity index (χ2v) is 9.54. The molecule has 35 heavy (non-hydrogen) atoms. The maximum absolute atomic E-state index is 13.1. The molecular weight excluding hydrogens is 496 g/mol. The number of amides is 1. The summed E-state index contributed by atoms with van der Waals surface area (Å²) in [7, 11) is 0. The smallest absolute Gasteiger partial charge is 0.256 e. The van der Waals surface area contributed by atoms with Gasteiger partial charge in [0.1, 0.15) is 12.4 Å². The SMILES string of the molecule is C[C@@H]1N[C@]2(C(=O)Nc3ccccc32)[C@H]([N+](=O)[O-])[C@@H]1c1cc(Cl)c(OCc2ccc(F)cc2)c(Cl)c1. The Morgan fingerprint density at radius 2 is 1.77 bits per heavy atom. The molecule has 2 heterocycles. The number of hydrogen-bond acceptors (Lipinski definition) is 5. The summed E-state index contributed by atoms with van der Waals surface area (Å²) in [5.41, 5.74) is 0.797. The molecule has 0 radical (unpaired) electrons. The fourth-order valence-corrected chi connectivity index (χ4v) is 5.81. The number of anilines is 1. The highest BCUT2D eigenvalue weighted by molar-refractivity contribution is 6.37. The molecule has 180 valence electrons. The van der Waals surface area contributed by atoms with Crippen molar-refractivity contribution in [2.75, 3.05) is 5.32 Å². The first-order valence-corrected chi connectivity index (χ1v) is 11.7. The van der Waals surface area contributed by atoms with Crippen LogP contribution in [0.3, 0.4) is 0 Å². The van der Waals surface area contributed by atoms with Crippen LogP contribution >= 0.6 is 23.2 Å². The summed E-state index contributed by atoms with van der Waals surface area (Å²) < 4.78 is 18.9. The average molecular weight is 516 g/mol. The van der Waals surface area contributed by atoms with Gasteiger partial charge in [-0.2, -0.15) is 0 Å². The zero-order valence-electron chi connectivity index (χ0n) is 18.4. The number of hydrogen-bond donors (Lipinski definition) is 2. The van der Waals surface area contributed by atoms with Gasteiger partial charge in [-0.05, 0) is 48.4 Å². The predicted molar refractivity (Wildman–Crippen MR) is 130 cm³/mol. The maximum atomic E-state index is 13.1. The van der Waals surface area contributed by atoms with E-state index in [1.54, 1.807) is 55.5 Å². The topological polar surface area (TPSA) is 93.5 Å². The van der Waals surface area contributed by atoms with Gasteiger partial charge in [0, 0.05) is 22.2 Å². The highest BCUT2D eigenvalue weighted by Gasteiger charge is 2.67. The molecule has 10 heteroatoms. The van der Waals surface area contributed by atoms with E-state index in [1.807, 2.05) is 0 Å². The number of carbonyl (C=O) groups is 1. The Kier molecular flexibility index (Phi) is 5.91. The van der Waals surface area contributed by atoms with Gasteiger partial charge in [0.15, 0.2) is 11.3 Å². The van der Waals surface area contributed by atoms with Gasteiger partial charge in [-0.25, -0.2) is 4.39 Å². The van der Waals surface area contributed by atoms with Gasteiger partial charge in [0.25, 0.3) is 11.9 Å². The summed E-state index contributed by atoms with van der Waals surface area (Å²) >= 11 is 13.0. The molecule has 4 atom stereocenters. The number of fused-ring (bicyclic) bond motifs is 2. The summed E-state index contributed by atoms with van der Waals surface area (Å²) in [6, 6.07) is 14.2. The van der Waals surface area contributed by atoms with E-state index in [0.29, 0.717) is 16.8 Å². The normalized spacial score (nSPS) is 24.9. The molecule has 0 saturated carbocycles. The van der Waals surface area contributed by atoms with Crippen LogP contribution in [0.4, 0.5) is 10.1 Å². The highest BCUT2D eigenvalue weighted by Crippen LogP contribution is 2.50. The zero-order valence-corrected chi connectivity index (χ0v) is 19.9. The van der Waals surface area contributed by atoms with E-state index in [1.165, 1.54) is 12.1 Å². The molecule has 2 aliphatic rings. The van der Waals surface area contributed by atoms with Crippen LogP contribution in [0.1, 0.15) is 29.5 Å². The Balaban J connectivity index is 1.50. The molecule has 0 aliphatic carbocycles. The van der Waals surface area contributed by atoms with Crippen molar-refractivity contribution in [1.29, 1.82) is 0 Å².